The van der Waals surface area contributed by atoms with E-state index in [9.17, 15) is 0 Å². The Bertz CT molecular complexity index is 943. The van der Waals surface area contributed by atoms with Crippen molar-refractivity contribution in [3.8, 4) is 5.69 Å². The summed E-state index contributed by atoms with van der Waals surface area (Å²) in [5.41, 5.74) is 7.29. The van der Waals surface area contributed by atoms with Crippen LogP contribution >= 0.6 is 11.6 Å². The maximum atomic E-state index is 6.40. The minimum Gasteiger partial charge on any atom is -0.370 e. The number of anilines is 1. The van der Waals surface area contributed by atoms with Gasteiger partial charge in [-0.1, -0.05) is 35.9 Å². The van der Waals surface area contributed by atoms with Gasteiger partial charge in [-0.15, -0.1) is 0 Å². The second kappa shape index (κ2) is 7.16. The van der Waals surface area contributed by atoms with E-state index in [4.69, 9.17) is 16.7 Å². The van der Waals surface area contributed by atoms with E-state index >= 15 is 0 Å². The van der Waals surface area contributed by atoms with E-state index in [0.29, 0.717) is 0 Å². The van der Waals surface area contributed by atoms with Crippen LogP contribution in [-0.2, 0) is 12.8 Å². The molecule has 2 aromatic carbocycles. The van der Waals surface area contributed by atoms with Gasteiger partial charge in [-0.25, -0.2) is 4.68 Å². The van der Waals surface area contributed by atoms with Crippen molar-refractivity contribution in [2.24, 2.45) is 0 Å². The fourth-order valence-electron chi connectivity index (χ4n) is 3.58. The Hall–Kier alpha value is -2.26. The lowest BCUT2D eigenvalue weighted by Gasteiger charge is -2.11. The van der Waals surface area contributed by atoms with Gasteiger partial charge in [-0.05, 0) is 68.0 Å². The zero-order chi connectivity index (χ0) is 18.1. The van der Waals surface area contributed by atoms with E-state index in [1.54, 1.807) is 0 Å². The van der Waals surface area contributed by atoms with Crippen molar-refractivity contribution in [1.29, 1.82) is 0 Å². The molecular formula is C22H24ClN3. The van der Waals surface area contributed by atoms with Gasteiger partial charge in [0.25, 0.3) is 0 Å². The van der Waals surface area contributed by atoms with Crippen LogP contribution in [0.5, 0.6) is 0 Å². The molecule has 0 unspecified atom stereocenters. The molecule has 0 spiro atoms. The predicted octanol–water partition coefficient (Wildman–Crippen LogP) is 5.48. The van der Waals surface area contributed by atoms with Gasteiger partial charge in [-0.3, -0.25) is 0 Å². The highest BCUT2D eigenvalue weighted by atomic mass is 35.5. The largest absolute Gasteiger partial charge is 0.370 e. The van der Waals surface area contributed by atoms with Gasteiger partial charge >= 0.3 is 0 Å². The number of hydrogen-bond acceptors (Lipinski definition) is 2. The van der Waals surface area contributed by atoms with Crippen molar-refractivity contribution in [2.45, 2.75) is 39.5 Å². The minimum absolute atomic E-state index is 0.765. The molecule has 0 radical (unpaired) electrons. The summed E-state index contributed by atoms with van der Waals surface area (Å²) in [4.78, 5) is 0. The number of fused-ring (bicyclic) bond motifs is 1. The molecule has 4 rings (SSSR count). The van der Waals surface area contributed by atoms with Crippen LogP contribution in [0.2, 0.25) is 5.02 Å². The molecule has 3 nitrogen and oxygen atoms in total. The standard InChI is InChI=1S/C22H24ClN3/c1-15-10-11-18(13-16(15)2)26-22-19(8-5-6-12-24-22)21(25-26)14-17-7-3-4-9-20(17)23/h3-4,7,9-11,13,24H,5-6,8,12,14H2,1-2H3. The Labute approximate surface area is 160 Å². The maximum Gasteiger partial charge on any atom is 0.133 e. The first-order valence-corrected chi connectivity index (χ1v) is 9.67. The smallest absolute Gasteiger partial charge is 0.133 e. The molecule has 3 aromatic rings. The highest BCUT2D eigenvalue weighted by Crippen LogP contribution is 2.31. The third kappa shape index (κ3) is 3.24. The predicted molar refractivity (Wildman–Crippen MR) is 109 cm³/mol. The van der Waals surface area contributed by atoms with Gasteiger partial charge in [0.05, 0.1) is 11.4 Å². The Morgan fingerprint density at radius 2 is 1.92 bits per heavy atom. The van der Waals surface area contributed by atoms with Crippen molar-refractivity contribution in [2.75, 3.05) is 11.9 Å². The lowest BCUT2D eigenvalue weighted by molar-refractivity contribution is 0.767. The van der Waals surface area contributed by atoms with Crippen molar-refractivity contribution < 1.29 is 0 Å². The van der Waals surface area contributed by atoms with Crippen molar-refractivity contribution in [3.63, 3.8) is 0 Å². The fourth-order valence-corrected chi connectivity index (χ4v) is 3.78. The summed E-state index contributed by atoms with van der Waals surface area (Å²) in [7, 11) is 0. The number of rotatable bonds is 3. The van der Waals surface area contributed by atoms with E-state index < -0.39 is 0 Å². The number of hydrogen-bond donors (Lipinski definition) is 1. The van der Waals surface area contributed by atoms with Crippen molar-refractivity contribution in [3.05, 3.63) is 75.4 Å². The molecule has 2 heterocycles. The van der Waals surface area contributed by atoms with Crippen molar-refractivity contribution >= 4 is 17.4 Å². The highest BCUT2D eigenvalue weighted by molar-refractivity contribution is 6.31. The number of benzene rings is 2. The Kier molecular flexibility index (Phi) is 4.73. The van der Waals surface area contributed by atoms with Gasteiger partial charge in [-0.2, -0.15) is 5.10 Å². The molecule has 1 aromatic heterocycles. The number of halogens is 1. The summed E-state index contributed by atoms with van der Waals surface area (Å²) in [5.74, 6) is 1.15. The topological polar surface area (TPSA) is 29.9 Å². The third-order valence-electron chi connectivity index (χ3n) is 5.26. The average Bonchev–Trinajstić information content (AvgIpc) is 2.81. The zero-order valence-electron chi connectivity index (χ0n) is 15.3. The average molecular weight is 366 g/mol. The summed E-state index contributed by atoms with van der Waals surface area (Å²) >= 11 is 6.40. The van der Waals surface area contributed by atoms with Gasteiger partial charge in [0.15, 0.2) is 0 Å². The van der Waals surface area contributed by atoms with E-state index in [1.165, 1.54) is 29.5 Å². The first-order chi connectivity index (χ1) is 12.6. The summed E-state index contributed by atoms with van der Waals surface area (Å²) < 4.78 is 2.08. The molecule has 0 aliphatic carbocycles. The first kappa shape index (κ1) is 17.2. The summed E-state index contributed by atoms with van der Waals surface area (Å²) in [6.07, 6.45) is 4.20. The number of aryl methyl sites for hydroxylation is 2. The molecular weight excluding hydrogens is 342 g/mol. The van der Waals surface area contributed by atoms with Gasteiger partial charge in [0.2, 0.25) is 0 Å². The van der Waals surface area contributed by atoms with E-state index in [-0.39, 0.29) is 0 Å². The van der Waals surface area contributed by atoms with Crippen LogP contribution in [-0.4, -0.2) is 16.3 Å². The Morgan fingerprint density at radius 3 is 2.73 bits per heavy atom. The molecule has 0 amide bonds. The quantitative estimate of drug-likeness (QED) is 0.665. The van der Waals surface area contributed by atoms with Crippen LogP contribution in [0.15, 0.2) is 42.5 Å². The molecule has 0 atom stereocenters. The number of nitrogens with one attached hydrogen (secondary N) is 1. The summed E-state index contributed by atoms with van der Waals surface area (Å²) in [6, 6.07) is 14.6. The lowest BCUT2D eigenvalue weighted by atomic mass is 10.0. The monoisotopic (exact) mass is 365 g/mol. The van der Waals surface area contributed by atoms with E-state index in [2.05, 4.69) is 48.1 Å². The molecule has 1 N–H and O–H groups in total. The van der Waals surface area contributed by atoms with Crippen LogP contribution in [0.1, 0.15) is 40.8 Å². The fraction of sp³-hybridized carbons (Fsp3) is 0.318. The second-order valence-electron chi connectivity index (χ2n) is 7.11. The van der Waals surface area contributed by atoms with E-state index in [1.807, 2.05) is 18.2 Å². The summed E-state index contributed by atoms with van der Waals surface area (Å²) in [6.45, 7) is 5.29. The SMILES string of the molecule is Cc1ccc(-n2nc(Cc3ccccc3Cl)c3c2NCCCC3)cc1C. The summed E-state index contributed by atoms with van der Waals surface area (Å²) in [5, 5.41) is 9.43. The molecule has 1 aliphatic heterocycles. The lowest BCUT2D eigenvalue weighted by Crippen LogP contribution is -2.07. The van der Waals surface area contributed by atoms with Gasteiger partial charge in [0, 0.05) is 23.6 Å². The van der Waals surface area contributed by atoms with Crippen LogP contribution in [0, 0.1) is 13.8 Å². The molecule has 0 fully saturated rings. The number of nitrogens with zero attached hydrogens (tertiary/aromatic N) is 2. The van der Waals surface area contributed by atoms with E-state index in [0.717, 1.165) is 47.2 Å². The van der Waals surface area contributed by atoms with Crippen LogP contribution in [0.4, 0.5) is 5.82 Å². The molecule has 0 saturated carbocycles. The minimum atomic E-state index is 0.765. The van der Waals surface area contributed by atoms with Gasteiger partial charge < -0.3 is 5.32 Å². The molecule has 0 bridgehead atoms. The third-order valence-corrected chi connectivity index (χ3v) is 5.63. The Balaban J connectivity index is 1.81. The zero-order valence-corrected chi connectivity index (χ0v) is 16.1. The molecule has 4 heteroatoms. The molecule has 1 aliphatic rings. The van der Waals surface area contributed by atoms with Crippen LogP contribution < -0.4 is 5.32 Å². The first-order valence-electron chi connectivity index (χ1n) is 9.29. The maximum absolute atomic E-state index is 6.40. The second-order valence-corrected chi connectivity index (χ2v) is 7.51. The molecule has 0 saturated heterocycles. The highest BCUT2D eigenvalue weighted by Gasteiger charge is 2.21. The van der Waals surface area contributed by atoms with Crippen LogP contribution in [0.25, 0.3) is 5.69 Å². The van der Waals surface area contributed by atoms with Crippen LogP contribution in [0.3, 0.4) is 0 Å². The molecule has 134 valence electrons. The van der Waals surface area contributed by atoms with Gasteiger partial charge in [0.1, 0.15) is 5.82 Å². The Morgan fingerprint density at radius 1 is 1.08 bits per heavy atom. The van der Waals surface area contributed by atoms with Crippen molar-refractivity contribution in [1.82, 2.24) is 9.78 Å². The molecule has 26 heavy (non-hydrogen) atoms. The number of aromatic nitrogens is 2. The normalized spacial score (nSPS) is 13.8.